The minimum Gasteiger partial charge on any atom is 0 e. The minimum absolute atomic E-state index is 0. The molecule has 0 aromatic rings. The summed E-state index contributed by atoms with van der Waals surface area (Å²) in [6.07, 6.45) is 0. The molecule has 0 aliphatic rings. The van der Waals surface area contributed by atoms with Gasteiger partial charge in [0.15, 0.2) is 0 Å². The third kappa shape index (κ3) is 71.0. The molecule has 0 spiro atoms. The van der Waals surface area contributed by atoms with Crippen LogP contribution < -0.4 is 0 Å². The Hall–Kier alpha value is 2.03. The molecular formula is H4BaO4SV. The fourth-order valence-corrected chi connectivity index (χ4v) is 0. The topological polar surface area (TPSA) is 74.6 Å². The maximum atomic E-state index is 8.74. The predicted octanol–water partition coefficient (Wildman–Crippen LogP) is -1.57. The van der Waals surface area contributed by atoms with Gasteiger partial charge in [-0.3, -0.25) is 9.11 Å². The van der Waals surface area contributed by atoms with E-state index in [-0.39, 0.29) is 67.4 Å². The summed E-state index contributed by atoms with van der Waals surface area (Å²) >= 11 is 0. The van der Waals surface area contributed by atoms with E-state index in [9.17, 15) is 0 Å². The summed E-state index contributed by atoms with van der Waals surface area (Å²) in [5.74, 6) is 0. The first-order chi connectivity index (χ1) is 2.00. The van der Waals surface area contributed by atoms with Crippen LogP contribution in [0.15, 0.2) is 0 Å². The van der Waals surface area contributed by atoms with Crippen molar-refractivity contribution in [2.45, 2.75) is 0 Å². The molecule has 0 amide bonds. The van der Waals surface area contributed by atoms with Gasteiger partial charge in [0.05, 0.1) is 0 Å². The molecular weight excluding hydrogens is 284 g/mol. The van der Waals surface area contributed by atoms with E-state index in [1.165, 1.54) is 0 Å². The van der Waals surface area contributed by atoms with Crippen LogP contribution in [0.2, 0.25) is 0 Å². The van der Waals surface area contributed by atoms with Gasteiger partial charge in [0, 0.05) is 18.6 Å². The molecule has 2 N–H and O–H groups in total. The van der Waals surface area contributed by atoms with Crippen molar-refractivity contribution in [3.63, 3.8) is 0 Å². The second kappa shape index (κ2) is 6.15. The number of hydrogen-bond donors (Lipinski definition) is 2. The quantitative estimate of drug-likeness (QED) is 0.417. The van der Waals surface area contributed by atoms with Gasteiger partial charge in [0.25, 0.3) is 0 Å². The Balaban J connectivity index is -0.0000000800. The molecule has 0 saturated heterocycles. The Morgan fingerprint density at radius 1 is 1.14 bits per heavy atom. The molecule has 7 heavy (non-hydrogen) atoms. The molecule has 0 saturated carbocycles. The Labute approximate surface area is 93.6 Å². The zero-order valence-corrected chi connectivity index (χ0v) is 4.78. The molecule has 4 nitrogen and oxygen atoms in total. The molecule has 0 atom stereocenters. The van der Waals surface area contributed by atoms with E-state index in [2.05, 4.69) is 0 Å². The van der Waals surface area contributed by atoms with Gasteiger partial charge in [-0.1, -0.05) is 0 Å². The first kappa shape index (κ1) is 16.0. The molecule has 0 bridgehead atoms. The van der Waals surface area contributed by atoms with Gasteiger partial charge in [-0.25, -0.2) is 0 Å². The molecule has 1 radical (unpaired) electrons. The third-order valence-electron chi connectivity index (χ3n) is 0. The van der Waals surface area contributed by atoms with Gasteiger partial charge >= 0.3 is 59.3 Å². The van der Waals surface area contributed by atoms with Gasteiger partial charge in [-0.15, -0.1) is 0 Å². The van der Waals surface area contributed by atoms with E-state index >= 15 is 0 Å². The van der Waals surface area contributed by atoms with Gasteiger partial charge in [0.1, 0.15) is 0 Å². The van der Waals surface area contributed by atoms with E-state index in [0.717, 1.165) is 0 Å². The summed E-state index contributed by atoms with van der Waals surface area (Å²) in [5, 5.41) is 0. The van der Waals surface area contributed by atoms with Crippen molar-refractivity contribution in [1.82, 2.24) is 0 Å². The van der Waals surface area contributed by atoms with Gasteiger partial charge in [0.2, 0.25) is 0 Å². The van der Waals surface area contributed by atoms with Crippen molar-refractivity contribution >= 4 is 59.3 Å². The second-order valence-corrected chi connectivity index (χ2v) is 1.34. The largest absolute Gasteiger partial charge is 0 e. The van der Waals surface area contributed by atoms with Crippen LogP contribution >= 0.6 is 0 Å². The zero-order valence-electron chi connectivity index (χ0n) is 2.57. The summed E-state index contributed by atoms with van der Waals surface area (Å²) in [4.78, 5) is 0. The number of hydrogen-bond acceptors (Lipinski definition) is 2. The molecule has 0 fully saturated rings. The van der Waals surface area contributed by atoms with Crippen LogP contribution in [0.3, 0.4) is 0 Å². The Morgan fingerprint density at radius 2 is 1.14 bits per heavy atom. The second-order valence-electron chi connectivity index (χ2n) is 0.448. The monoisotopic (exact) mass is 289 g/mol. The van der Waals surface area contributed by atoms with Gasteiger partial charge in [-0.05, 0) is 0 Å². The van der Waals surface area contributed by atoms with Crippen LogP contribution in [0.5, 0.6) is 0 Å². The van der Waals surface area contributed by atoms with Gasteiger partial charge in [-0.2, -0.15) is 8.42 Å². The zero-order chi connectivity index (χ0) is 4.50. The minimum atomic E-state index is -4.67. The summed E-state index contributed by atoms with van der Waals surface area (Å²) in [5.41, 5.74) is 0. The molecule has 0 heterocycles. The van der Waals surface area contributed by atoms with Crippen molar-refractivity contribution in [3.8, 4) is 0 Å². The average molecular weight is 288 g/mol. The summed E-state index contributed by atoms with van der Waals surface area (Å²) in [7, 11) is -4.67. The number of rotatable bonds is 0. The van der Waals surface area contributed by atoms with E-state index in [0.29, 0.717) is 0 Å². The molecule has 7 heteroatoms. The van der Waals surface area contributed by atoms with Crippen molar-refractivity contribution < 1.29 is 36.1 Å². The fourth-order valence-electron chi connectivity index (χ4n) is 0. The van der Waals surface area contributed by atoms with Crippen LogP contribution in [0, 0.1) is 0 Å². The van der Waals surface area contributed by atoms with Crippen LogP contribution in [0.1, 0.15) is 0 Å². The molecule has 41 valence electrons. The van der Waals surface area contributed by atoms with Crippen molar-refractivity contribution in [2.24, 2.45) is 0 Å². The third-order valence-corrected chi connectivity index (χ3v) is 0. The maximum absolute atomic E-state index is 8.74. The first-order valence-electron chi connectivity index (χ1n) is 0.698. The van der Waals surface area contributed by atoms with Crippen molar-refractivity contribution in [3.05, 3.63) is 0 Å². The van der Waals surface area contributed by atoms with E-state index < -0.39 is 10.4 Å². The predicted molar refractivity (Wildman–Crippen MR) is 22.7 cm³/mol. The molecule has 0 unspecified atom stereocenters. The SMILES string of the molecule is O=S(=O)(O)O.[BaH2].[V]. The molecule has 0 aromatic carbocycles. The van der Waals surface area contributed by atoms with Crippen LogP contribution in [-0.2, 0) is 29.0 Å². The Morgan fingerprint density at radius 3 is 1.14 bits per heavy atom. The summed E-state index contributed by atoms with van der Waals surface area (Å²) in [6, 6.07) is 0. The molecule has 0 rings (SSSR count). The first-order valence-corrected chi connectivity index (χ1v) is 2.10. The van der Waals surface area contributed by atoms with Crippen molar-refractivity contribution in [2.75, 3.05) is 0 Å². The normalized spacial score (nSPS) is 8.29. The van der Waals surface area contributed by atoms with Crippen LogP contribution in [-0.4, -0.2) is 66.4 Å². The maximum Gasteiger partial charge on any atom is 0 e. The summed E-state index contributed by atoms with van der Waals surface area (Å²) < 4.78 is 31.6. The molecule has 0 aromatic heterocycles. The average Bonchev–Trinajstić information content (AvgIpc) is 0.722. The fraction of sp³-hybridized carbons (Fsp3) is 0. The van der Waals surface area contributed by atoms with E-state index in [1.807, 2.05) is 0 Å². The van der Waals surface area contributed by atoms with Crippen molar-refractivity contribution in [1.29, 1.82) is 0 Å². The smallest absolute Gasteiger partial charge is 0 e. The molecule has 0 aliphatic heterocycles. The Bertz CT molecular complexity index is 94.9. The Kier molecular flexibility index (Phi) is 14.1. The van der Waals surface area contributed by atoms with E-state index in [4.69, 9.17) is 17.5 Å². The standard InChI is InChI=1S/Ba.H2O4S.V.2H/c;1-5(2,3)4;;;/h;(H2,1,2,3,4);;;. The molecule has 0 aliphatic carbocycles. The summed E-state index contributed by atoms with van der Waals surface area (Å²) in [6.45, 7) is 0. The van der Waals surface area contributed by atoms with Gasteiger partial charge < -0.3 is 0 Å². The van der Waals surface area contributed by atoms with Crippen LogP contribution in [0.25, 0.3) is 0 Å². The van der Waals surface area contributed by atoms with Crippen LogP contribution in [0.4, 0.5) is 0 Å². The van der Waals surface area contributed by atoms with E-state index in [1.54, 1.807) is 0 Å².